The van der Waals surface area contributed by atoms with Gasteiger partial charge in [-0.05, 0) is 32.9 Å². The van der Waals surface area contributed by atoms with Crippen LogP contribution in [0.2, 0.25) is 0 Å². The number of imidazole rings is 1. The number of nitrogens with zero attached hydrogens (tertiary/aromatic N) is 3. The molecule has 0 spiro atoms. The molecule has 3 rings (SSSR count). The van der Waals surface area contributed by atoms with E-state index in [1.165, 1.54) is 0 Å². The number of thioether (sulfide) groups is 1. The number of aromatic amines is 1. The average Bonchev–Trinajstić information content (AvgIpc) is 3.10. The molecule has 1 aliphatic heterocycles. The maximum absolute atomic E-state index is 12.6. The molecule has 2 heterocycles. The Hall–Kier alpha value is -2.06. The van der Waals surface area contributed by atoms with E-state index < -0.39 is 0 Å². The van der Waals surface area contributed by atoms with Gasteiger partial charge in [0.05, 0.1) is 28.6 Å². The van der Waals surface area contributed by atoms with Crippen molar-refractivity contribution in [1.29, 1.82) is 0 Å². The zero-order valence-corrected chi connectivity index (χ0v) is 17.6. The third-order valence-electron chi connectivity index (χ3n) is 4.79. The average molecular weight is 404 g/mol. The highest BCUT2D eigenvalue weighted by Crippen LogP contribution is 2.28. The van der Waals surface area contributed by atoms with Gasteiger partial charge in [0, 0.05) is 32.2 Å². The monoisotopic (exact) mass is 403 g/mol. The second-order valence-electron chi connectivity index (χ2n) is 7.47. The summed E-state index contributed by atoms with van der Waals surface area (Å²) in [6.07, 6.45) is 0. The van der Waals surface area contributed by atoms with Gasteiger partial charge in [0.1, 0.15) is 5.82 Å². The summed E-state index contributed by atoms with van der Waals surface area (Å²) < 4.78 is 0. The van der Waals surface area contributed by atoms with Crippen molar-refractivity contribution in [2.24, 2.45) is 0 Å². The molecule has 152 valence electrons. The summed E-state index contributed by atoms with van der Waals surface area (Å²) in [6.45, 7) is 9.21. The van der Waals surface area contributed by atoms with Gasteiger partial charge in [0.25, 0.3) is 0 Å². The number of fused-ring (bicyclic) bond motifs is 1. The summed E-state index contributed by atoms with van der Waals surface area (Å²) >= 11 is 1.60. The van der Waals surface area contributed by atoms with Gasteiger partial charge in [0.2, 0.25) is 11.8 Å². The van der Waals surface area contributed by atoms with Gasteiger partial charge >= 0.3 is 0 Å². The molecular formula is C20H29N5O2S. The van der Waals surface area contributed by atoms with Crippen molar-refractivity contribution in [2.75, 3.05) is 38.5 Å². The predicted molar refractivity (Wildman–Crippen MR) is 113 cm³/mol. The van der Waals surface area contributed by atoms with Gasteiger partial charge < -0.3 is 15.2 Å². The largest absolute Gasteiger partial charge is 0.353 e. The van der Waals surface area contributed by atoms with Crippen molar-refractivity contribution >= 4 is 34.6 Å². The molecule has 1 saturated heterocycles. The first-order valence-corrected chi connectivity index (χ1v) is 10.8. The van der Waals surface area contributed by atoms with Crippen molar-refractivity contribution in [3.63, 3.8) is 0 Å². The summed E-state index contributed by atoms with van der Waals surface area (Å²) in [7, 11) is 0. The molecule has 28 heavy (non-hydrogen) atoms. The lowest BCUT2D eigenvalue weighted by Crippen LogP contribution is -2.52. The van der Waals surface area contributed by atoms with Gasteiger partial charge in [-0.1, -0.05) is 12.1 Å². The Morgan fingerprint density at radius 1 is 1.18 bits per heavy atom. The highest BCUT2D eigenvalue weighted by atomic mass is 32.2. The Morgan fingerprint density at radius 2 is 1.89 bits per heavy atom. The predicted octanol–water partition coefficient (Wildman–Crippen LogP) is 2.03. The van der Waals surface area contributed by atoms with Crippen LogP contribution in [0.5, 0.6) is 0 Å². The van der Waals surface area contributed by atoms with Crippen LogP contribution in [0.1, 0.15) is 31.8 Å². The van der Waals surface area contributed by atoms with Gasteiger partial charge in [-0.25, -0.2) is 4.98 Å². The normalized spacial score (nSPS) is 16.5. The fourth-order valence-corrected chi connectivity index (χ4v) is 4.10. The summed E-state index contributed by atoms with van der Waals surface area (Å²) in [6, 6.07) is 8.10. The molecule has 1 aliphatic rings. The third-order valence-corrected chi connectivity index (χ3v) is 5.93. The first kappa shape index (κ1) is 20.7. The quantitative estimate of drug-likeness (QED) is 0.739. The van der Waals surface area contributed by atoms with Gasteiger partial charge in [-0.15, -0.1) is 11.8 Å². The second kappa shape index (κ2) is 9.43. The molecule has 0 aliphatic carbocycles. The number of hydrogen-bond acceptors (Lipinski definition) is 5. The smallest absolute Gasteiger partial charge is 0.234 e. The van der Waals surface area contributed by atoms with Crippen molar-refractivity contribution in [1.82, 2.24) is 25.1 Å². The van der Waals surface area contributed by atoms with E-state index in [1.54, 1.807) is 11.8 Å². The first-order valence-electron chi connectivity index (χ1n) is 9.78. The Bertz CT molecular complexity index is 781. The topological polar surface area (TPSA) is 81.3 Å². The number of aromatic nitrogens is 2. The lowest BCUT2D eigenvalue weighted by Gasteiger charge is -2.34. The van der Waals surface area contributed by atoms with E-state index in [9.17, 15) is 9.59 Å². The van der Waals surface area contributed by atoms with E-state index in [-0.39, 0.29) is 23.1 Å². The van der Waals surface area contributed by atoms with E-state index >= 15 is 0 Å². The number of amides is 2. The molecule has 1 aromatic heterocycles. The molecule has 2 aromatic rings. The molecule has 1 aromatic carbocycles. The minimum atomic E-state index is 0.0463. The Balaban J connectivity index is 1.42. The van der Waals surface area contributed by atoms with Crippen LogP contribution in [-0.4, -0.2) is 76.1 Å². The maximum Gasteiger partial charge on any atom is 0.234 e. The molecule has 1 atom stereocenters. The van der Waals surface area contributed by atoms with Crippen molar-refractivity contribution in [2.45, 2.75) is 32.1 Å². The molecule has 8 heteroatoms. The van der Waals surface area contributed by atoms with E-state index in [4.69, 9.17) is 0 Å². The van der Waals surface area contributed by atoms with Crippen LogP contribution in [0.25, 0.3) is 11.0 Å². The number of carbonyl (C=O) groups excluding carboxylic acids is 2. The zero-order chi connectivity index (χ0) is 20.1. The fourth-order valence-electron chi connectivity index (χ4n) is 3.26. The minimum absolute atomic E-state index is 0.0463. The van der Waals surface area contributed by atoms with Crippen molar-refractivity contribution in [3.05, 3.63) is 30.1 Å². The Labute approximate surface area is 170 Å². The van der Waals surface area contributed by atoms with Gasteiger partial charge in [-0.2, -0.15) is 0 Å². The van der Waals surface area contributed by atoms with E-state index in [1.807, 2.05) is 43.0 Å². The van der Waals surface area contributed by atoms with E-state index in [0.29, 0.717) is 25.4 Å². The maximum atomic E-state index is 12.6. The van der Waals surface area contributed by atoms with Crippen LogP contribution in [0, 0.1) is 0 Å². The first-order chi connectivity index (χ1) is 13.4. The highest BCUT2D eigenvalue weighted by molar-refractivity contribution is 8.00. The number of hydrogen-bond donors (Lipinski definition) is 2. The van der Waals surface area contributed by atoms with E-state index in [0.717, 1.165) is 29.9 Å². The fraction of sp³-hybridized carbons (Fsp3) is 0.550. The zero-order valence-electron chi connectivity index (χ0n) is 16.8. The molecule has 0 radical (unpaired) electrons. The number of H-pyrrole nitrogens is 1. The van der Waals surface area contributed by atoms with Gasteiger partial charge in [-0.3, -0.25) is 14.5 Å². The summed E-state index contributed by atoms with van der Waals surface area (Å²) in [5.41, 5.74) is 1.97. The van der Waals surface area contributed by atoms with E-state index in [2.05, 4.69) is 27.1 Å². The van der Waals surface area contributed by atoms with Crippen LogP contribution in [0.15, 0.2) is 24.3 Å². The summed E-state index contributed by atoms with van der Waals surface area (Å²) in [5, 5.41) is 3.03. The molecule has 2 N–H and O–H groups in total. The van der Waals surface area contributed by atoms with Crippen LogP contribution >= 0.6 is 11.8 Å². The molecule has 1 unspecified atom stereocenters. The number of carbonyl (C=O) groups is 2. The Morgan fingerprint density at radius 3 is 2.57 bits per heavy atom. The molecule has 7 nitrogen and oxygen atoms in total. The number of rotatable bonds is 7. The molecule has 1 fully saturated rings. The standard InChI is InChI=1S/C20H29N5O2S/c1-14(2)21-18(26)12-24-8-10-25(11-9-24)19(27)13-28-15(3)20-22-16-6-4-5-7-17(16)23-20/h4-7,14-15H,8-13H2,1-3H3,(H,21,26)(H,22,23). The number of para-hydroxylation sites is 2. The number of benzene rings is 1. The Kier molecular flexibility index (Phi) is 6.96. The summed E-state index contributed by atoms with van der Waals surface area (Å²) in [4.78, 5) is 36.4. The second-order valence-corrected chi connectivity index (χ2v) is 8.80. The molecule has 0 saturated carbocycles. The number of piperazine rings is 1. The van der Waals surface area contributed by atoms with Crippen molar-refractivity contribution in [3.8, 4) is 0 Å². The van der Waals surface area contributed by atoms with Gasteiger partial charge in [0.15, 0.2) is 0 Å². The molecule has 2 amide bonds. The SMILES string of the molecule is CC(C)NC(=O)CN1CCN(C(=O)CSC(C)c2nc3ccccc3[nH]2)CC1. The van der Waals surface area contributed by atoms with Crippen LogP contribution in [0.3, 0.4) is 0 Å². The number of nitrogens with one attached hydrogen (secondary N) is 2. The van der Waals surface area contributed by atoms with Crippen LogP contribution in [-0.2, 0) is 9.59 Å². The minimum Gasteiger partial charge on any atom is -0.353 e. The summed E-state index contributed by atoms with van der Waals surface area (Å²) in [5.74, 6) is 1.54. The van der Waals surface area contributed by atoms with Crippen molar-refractivity contribution < 1.29 is 9.59 Å². The lowest BCUT2D eigenvalue weighted by atomic mass is 10.3. The molecule has 0 bridgehead atoms. The van der Waals surface area contributed by atoms with Crippen LogP contribution < -0.4 is 5.32 Å². The molecular weight excluding hydrogens is 374 g/mol. The lowest BCUT2D eigenvalue weighted by molar-refractivity contribution is -0.130. The highest BCUT2D eigenvalue weighted by Gasteiger charge is 2.23. The van der Waals surface area contributed by atoms with Crippen LogP contribution in [0.4, 0.5) is 0 Å². The third kappa shape index (κ3) is 5.48.